The van der Waals surface area contributed by atoms with Crippen molar-refractivity contribution in [3.63, 3.8) is 0 Å². The lowest BCUT2D eigenvalue weighted by Gasteiger charge is -2.15. The lowest BCUT2D eigenvalue weighted by atomic mass is 10.3. The number of hydrogen-bond donors (Lipinski definition) is 0. The highest BCUT2D eigenvalue weighted by Crippen LogP contribution is 2.01. The molecule has 0 aliphatic rings. The molecule has 0 aliphatic carbocycles. The van der Waals surface area contributed by atoms with Gasteiger partial charge >= 0.3 is 5.97 Å². The molecule has 0 aromatic rings. The molecule has 2 unspecified atom stereocenters. The Balaban J connectivity index is 3.92. The minimum atomic E-state index is -0.682. The average molecular weight is 188 g/mol. The molecular weight excluding hydrogens is 172 g/mol. The molecule has 0 aliphatic heterocycles. The SMILES string of the molecule is CCOC(=O)C(C)OC(C)C(C)=O. The van der Waals surface area contributed by atoms with Crippen LogP contribution in [0, 0.1) is 0 Å². The third-order valence-corrected chi connectivity index (χ3v) is 1.60. The Labute approximate surface area is 78.2 Å². The Bertz CT molecular complexity index is 188. The largest absolute Gasteiger partial charge is 0.464 e. The third-order valence-electron chi connectivity index (χ3n) is 1.60. The van der Waals surface area contributed by atoms with Crippen molar-refractivity contribution in [2.45, 2.75) is 39.9 Å². The third kappa shape index (κ3) is 4.62. The predicted octanol–water partition coefficient (Wildman–Crippen LogP) is 0.932. The van der Waals surface area contributed by atoms with E-state index in [0.29, 0.717) is 6.61 Å². The minimum absolute atomic E-state index is 0.101. The van der Waals surface area contributed by atoms with Crippen molar-refractivity contribution in [2.75, 3.05) is 6.61 Å². The van der Waals surface area contributed by atoms with Crippen LogP contribution in [0.1, 0.15) is 27.7 Å². The van der Waals surface area contributed by atoms with Gasteiger partial charge in [0.25, 0.3) is 0 Å². The van der Waals surface area contributed by atoms with Crippen molar-refractivity contribution >= 4 is 11.8 Å². The van der Waals surface area contributed by atoms with E-state index < -0.39 is 18.2 Å². The first-order chi connectivity index (χ1) is 5.99. The van der Waals surface area contributed by atoms with E-state index in [9.17, 15) is 9.59 Å². The minimum Gasteiger partial charge on any atom is -0.464 e. The number of ether oxygens (including phenoxy) is 2. The Morgan fingerprint density at radius 1 is 1.23 bits per heavy atom. The zero-order valence-electron chi connectivity index (χ0n) is 8.49. The Morgan fingerprint density at radius 3 is 2.15 bits per heavy atom. The van der Waals surface area contributed by atoms with Crippen LogP contribution in [0.15, 0.2) is 0 Å². The summed E-state index contributed by atoms with van der Waals surface area (Å²) in [5, 5.41) is 0. The maximum Gasteiger partial charge on any atom is 0.334 e. The first kappa shape index (κ1) is 12.1. The van der Waals surface area contributed by atoms with Gasteiger partial charge in [0.05, 0.1) is 6.61 Å². The summed E-state index contributed by atoms with van der Waals surface area (Å²) in [7, 11) is 0. The van der Waals surface area contributed by atoms with E-state index in [-0.39, 0.29) is 5.78 Å². The zero-order chi connectivity index (χ0) is 10.4. The van der Waals surface area contributed by atoms with Gasteiger partial charge in [0.2, 0.25) is 0 Å². The van der Waals surface area contributed by atoms with Gasteiger partial charge in [-0.1, -0.05) is 0 Å². The number of esters is 1. The highest BCUT2D eigenvalue weighted by atomic mass is 16.6. The molecule has 0 amide bonds. The van der Waals surface area contributed by atoms with Crippen molar-refractivity contribution in [3.8, 4) is 0 Å². The molecule has 13 heavy (non-hydrogen) atoms. The van der Waals surface area contributed by atoms with Crippen molar-refractivity contribution in [3.05, 3.63) is 0 Å². The molecule has 4 heteroatoms. The molecule has 0 radical (unpaired) electrons. The van der Waals surface area contributed by atoms with Gasteiger partial charge in [0.15, 0.2) is 11.9 Å². The first-order valence-electron chi connectivity index (χ1n) is 4.31. The van der Waals surface area contributed by atoms with Crippen LogP contribution in [0.4, 0.5) is 0 Å². The fourth-order valence-corrected chi connectivity index (χ4v) is 0.717. The number of rotatable bonds is 5. The second kappa shape index (κ2) is 5.70. The van der Waals surface area contributed by atoms with E-state index >= 15 is 0 Å². The topological polar surface area (TPSA) is 52.6 Å². The van der Waals surface area contributed by atoms with E-state index in [1.807, 2.05) is 0 Å². The van der Waals surface area contributed by atoms with Crippen LogP contribution in [0.3, 0.4) is 0 Å². The van der Waals surface area contributed by atoms with Crippen LogP contribution in [0.25, 0.3) is 0 Å². The number of hydrogen-bond acceptors (Lipinski definition) is 4. The summed E-state index contributed by atoms with van der Waals surface area (Å²) in [6, 6.07) is 0. The summed E-state index contributed by atoms with van der Waals surface area (Å²) in [5.74, 6) is -0.535. The van der Waals surface area contributed by atoms with Gasteiger partial charge < -0.3 is 9.47 Å². The summed E-state index contributed by atoms with van der Waals surface area (Å²) in [6.45, 7) is 6.64. The molecule has 0 rings (SSSR count). The van der Waals surface area contributed by atoms with Crippen LogP contribution >= 0.6 is 0 Å². The van der Waals surface area contributed by atoms with Gasteiger partial charge in [-0.25, -0.2) is 4.79 Å². The molecule has 0 heterocycles. The van der Waals surface area contributed by atoms with Crippen molar-refractivity contribution in [1.29, 1.82) is 0 Å². The monoisotopic (exact) mass is 188 g/mol. The molecule has 2 atom stereocenters. The van der Waals surface area contributed by atoms with Crippen molar-refractivity contribution < 1.29 is 19.1 Å². The van der Waals surface area contributed by atoms with E-state index in [0.717, 1.165) is 0 Å². The number of carbonyl (C=O) groups excluding carboxylic acids is 2. The van der Waals surface area contributed by atoms with E-state index in [4.69, 9.17) is 9.47 Å². The Morgan fingerprint density at radius 2 is 1.77 bits per heavy atom. The molecule has 0 aromatic heterocycles. The molecule has 0 saturated carbocycles. The van der Waals surface area contributed by atoms with Crippen molar-refractivity contribution in [2.24, 2.45) is 0 Å². The van der Waals surface area contributed by atoms with Crippen LogP contribution in [0.2, 0.25) is 0 Å². The van der Waals surface area contributed by atoms with Crippen LogP contribution < -0.4 is 0 Å². The van der Waals surface area contributed by atoms with Gasteiger partial charge in [-0.05, 0) is 27.7 Å². The molecular formula is C9H16O4. The lowest BCUT2D eigenvalue weighted by molar-refractivity contribution is -0.160. The summed E-state index contributed by atoms with van der Waals surface area (Å²) >= 11 is 0. The fraction of sp³-hybridized carbons (Fsp3) is 0.778. The highest BCUT2D eigenvalue weighted by Gasteiger charge is 2.19. The van der Waals surface area contributed by atoms with E-state index in [1.54, 1.807) is 20.8 Å². The molecule has 4 nitrogen and oxygen atoms in total. The molecule has 0 spiro atoms. The Hall–Kier alpha value is -0.900. The van der Waals surface area contributed by atoms with Gasteiger partial charge in [-0.15, -0.1) is 0 Å². The first-order valence-corrected chi connectivity index (χ1v) is 4.31. The quantitative estimate of drug-likeness (QED) is 0.602. The maximum atomic E-state index is 11.0. The number of ketones is 1. The number of carbonyl (C=O) groups is 2. The second-order valence-corrected chi connectivity index (χ2v) is 2.78. The predicted molar refractivity (Wildman–Crippen MR) is 47.3 cm³/mol. The van der Waals surface area contributed by atoms with Crippen LogP contribution in [-0.2, 0) is 19.1 Å². The molecule has 0 saturated heterocycles. The van der Waals surface area contributed by atoms with Gasteiger partial charge in [0, 0.05) is 0 Å². The molecule has 0 bridgehead atoms. The standard InChI is InChI=1S/C9H16O4/c1-5-12-9(11)8(4)13-7(3)6(2)10/h7-8H,5H2,1-4H3. The van der Waals surface area contributed by atoms with Crippen LogP contribution in [0.5, 0.6) is 0 Å². The fourth-order valence-electron chi connectivity index (χ4n) is 0.717. The summed E-state index contributed by atoms with van der Waals surface area (Å²) < 4.78 is 9.81. The Kier molecular flexibility index (Phi) is 5.30. The van der Waals surface area contributed by atoms with E-state index in [1.165, 1.54) is 6.92 Å². The van der Waals surface area contributed by atoms with Crippen molar-refractivity contribution in [1.82, 2.24) is 0 Å². The normalized spacial score (nSPS) is 14.8. The van der Waals surface area contributed by atoms with Gasteiger partial charge in [-0.2, -0.15) is 0 Å². The van der Waals surface area contributed by atoms with Crippen LogP contribution in [-0.4, -0.2) is 30.6 Å². The molecule has 0 N–H and O–H groups in total. The highest BCUT2D eigenvalue weighted by molar-refractivity contribution is 5.81. The zero-order valence-corrected chi connectivity index (χ0v) is 8.49. The summed E-state index contributed by atoms with van der Waals surface area (Å²) in [5.41, 5.74) is 0. The molecule has 76 valence electrons. The average Bonchev–Trinajstić information content (AvgIpc) is 2.04. The molecule has 0 aromatic carbocycles. The van der Waals surface area contributed by atoms with Gasteiger partial charge in [-0.3, -0.25) is 4.79 Å². The lowest BCUT2D eigenvalue weighted by Crippen LogP contribution is -2.30. The smallest absolute Gasteiger partial charge is 0.334 e. The summed E-state index contributed by atoms with van der Waals surface area (Å²) in [6.07, 6.45) is -1.24. The number of Topliss-reactive ketones (excluding diaryl/α,β-unsaturated/α-hetero) is 1. The van der Waals surface area contributed by atoms with E-state index in [2.05, 4.69) is 0 Å². The van der Waals surface area contributed by atoms with Gasteiger partial charge in [0.1, 0.15) is 6.10 Å². The second-order valence-electron chi connectivity index (χ2n) is 2.78. The summed E-state index contributed by atoms with van der Waals surface area (Å²) in [4.78, 5) is 21.8. The maximum absolute atomic E-state index is 11.0. The molecule has 0 fully saturated rings.